The van der Waals surface area contributed by atoms with E-state index in [9.17, 15) is 0 Å². The van der Waals surface area contributed by atoms with E-state index in [1.165, 1.54) is 30.7 Å². The highest BCUT2D eigenvalue weighted by Gasteiger charge is 2.22. The van der Waals surface area contributed by atoms with Crippen LogP contribution in [-0.2, 0) is 0 Å². The maximum atomic E-state index is 6.17. The third-order valence-corrected chi connectivity index (χ3v) is 4.64. The molecule has 1 saturated carbocycles. The molecule has 3 nitrogen and oxygen atoms in total. The normalized spacial score (nSPS) is 26.9. The quantitative estimate of drug-likeness (QED) is 0.848. The number of aromatic nitrogens is 1. The van der Waals surface area contributed by atoms with E-state index in [1.54, 1.807) is 11.3 Å². The average molecular weight is 253 g/mol. The highest BCUT2D eigenvalue weighted by Crippen LogP contribution is 2.24. The largest absolute Gasteiger partial charge is 0.327 e. The zero-order valence-corrected chi connectivity index (χ0v) is 11.4. The molecule has 1 heterocycles. The first-order chi connectivity index (χ1) is 8.31. The van der Waals surface area contributed by atoms with Gasteiger partial charge in [-0.25, -0.2) is 4.98 Å². The molecule has 0 spiro atoms. The van der Waals surface area contributed by atoms with Gasteiger partial charge in [0.15, 0.2) is 0 Å². The lowest BCUT2D eigenvalue weighted by molar-refractivity contribution is 0.285. The van der Waals surface area contributed by atoms with Gasteiger partial charge in [0.1, 0.15) is 5.01 Å². The van der Waals surface area contributed by atoms with E-state index in [-0.39, 0.29) is 0 Å². The summed E-state index contributed by atoms with van der Waals surface area (Å²) in [6.07, 6.45) is 8.10. The van der Waals surface area contributed by atoms with Crippen molar-refractivity contribution in [2.75, 3.05) is 6.54 Å². The van der Waals surface area contributed by atoms with Crippen LogP contribution in [0, 0.1) is 5.92 Å². The van der Waals surface area contributed by atoms with Crippen molar-refractivity contribution < 1.29 is 0 Å². The molecule has 3 atom stereocenters. The van der Waals surface area contributed by atoms with Crippen LogP contribution in [0.3, 0.4) is 0 Å². The molecule has 17 heavy (non-hydrogen) atoms. The Morgan fingerprint density at radius 2 is 2.35 bits per heavy atom. The van der Waals surface area contributed by atoms with E-state index >= 15 is 0 Å². The number of rotatable bonds is 5. The second kappa shape index (κ2) is 6.47. The smallest absolute Gasteiger partial charge is 0.109 e. The summed E-state index contributed by atoms with van der Waals surface area (Å²) in [4.78, 5) is 4.39. The highest BCUT2D eigenvalue weighted by atomic mass is 32.1. The molecule has 4 heteroatoms. The van der Waals surface area contributed by atoms with Gasteiger partial charge in [0, 0.05) is 24.2 Å². The summed E-state index contributed by atoms with van der Waals surface area (Å²) >= 11 is 1.74. The van der Waals surface area contributed by atoms with E-state index < -0.39 is 0 Å². The molecule has 0 amide bonds. The molecule has 0 aliphatic heterocycles. The third-order valence-electron chi connectivity index (χ3n) is 3.75. The van der Waals surface area contributed by atoms with Gasteiger partial charge in [-0.05, 0) is 25.2 Å². The van der Waals surface area contributed by atoms with Crippen LogP contribution in [0.15, 0.2) is 11.6 Å². The zero-order valence-electron chi connectivity index (χ0n) is 10.6. The number of thiazole rings is 1. The SMILES string of the molecule is CCC(NCC1CCCCC1N)c1nccs1. The van der Waals surface area contributed by atoms with Gasteiger partial charge in [0.2, 0.25) is 0 Å². The monoisotopic (exact) mass is 253 g/mol. The van der Waals surface area contributed by atoms with E-state index in [0.717, 1.165) is 13.0 Å². The first-order valence-corrected chi connectivity index (χ1v) is 7.57. The summed E-state index contributed by atoms with van der Waals surface area (Å²) in [6.45, 7) is 3.25. The molecule has 1 aliphatic carbocycles. The van der Waals surface area contributed by atoms with Crippen LogP contribution < -0.4 is 11.1 Å². The first-order valence-electron chi connectivity index (χ1n) is 6.69. The highest BCUT2D eigenvalue weighted by molar-refractivity contribution is 7.09. The number of hydrogen-bond donors (Lipinski definition) is 2. The molecule has 0 aromatic carbocycles. The molecule has 3 N–H and O–H groups in total. The van der Waals surface area contributed by atoms with Crippen molar-refractivity contribution in [1.82, 2.24) is 10.3 Å². The van der Waals surface area contributed by atoms with Crippen LogP contribution in [0.25, 0.3) is 0 Å². The van der Waals surface area contributed by atoms with E-state index in [4.69, 9.17) is 5.73 Å². The Morgan fingerprint density at radius 3 is 3.00 bits per heavy atom. The Bertz CT molecular complexity index is 312. The minimum absolute atomic E-state index is 0.394. The van der Waals surface area contributed by atoms with E-state index in [1.807, 2.05) is 11.6 Å². The van der Waals surface area contributed by atoms with Gasteiger partial charge in [0.25, 0.3) is 0 Å². The first kappa shape index (κ1) is 13.0. The molecule has 0 radical (unpaired) electrons. The molecular formula is C13H23N3S. The van der Waals surface area contributed by atoms with Crippen molar-refractivity contribution in [3.63, 3.8) is 0 Å². The molecule has 0 bridgehead atoms. The molecule has 1 aromatic heterocycles. The number of nitrogens with one attached hydrogen (secondary N) is 1. The maximum Gasteiger partial charge on any atom is 0.109 e. The van der Waals surface area contributed by atoms with Crippen molar-refractivity contribution in [2.45, 2.75) is 51.1 Å². The zero-order chi connectivity index (χ0) is 12.1. The number of hydrogen-bond acceptors (Lipinski definition) is 4. The fourth-order valence-electron chi connectivity index (χ4n) is 2.60. The van der Waals surface area contributed by atoms with Gasteiger partial charge in [-0.3, -0.25) is 0 Å². The Kier molecular flexibility index (Phi) is 4.95. The van der Waals surface area contributed by atoms with Gasteiger partial charge in [-0.15, -0.1) is 11.3 Å². The molecule has 1 aliphatic rings. The van der Waals surface area contributed by atoms with Crippen molar-refractivity contribution >= 4 is 11.3 Å². The second-order valence-electron chi connectivity index (χ2n) is 4.95. The van der Waals surface area contributed by atoms with E-state index in [0.29, 0.717) is 18.0 Å². The molecule has 3 unspecified atom stereocenters. The Morgan fingerprint density at radius 1 is 1.53 bits per heavy atom. The Labute approximate surface area is 108 Å². The lowest BCUT2D eigenvalue weighted by atomic mass is 9.85. The summed E-state index contributed by atoms with van der Waals surface area (Å²) in [5.74, 6) is 0.651. The van der Waals surface area contributed by atoms with E-state index in [2.05, 4.69) is 17.2 Å². The van der Waals surface area contributed by atoms with Crippen LogP contribution in [0.1, 0.15) is 50.1 Å². The maximum absolute atomic E-state index is 6.17. The molecule has 1 aromatic rings. The van der Waals surface area contributed by atoms with Crippen LogP contribution in [-0.4, -0.2) is 17.6 Å². The van der Waals surface area contributed by atoms with Crippen LogP contribution in [0.2, 0.25) is 0 Å². The lowest BCUT2D eigenvalue weighted by Gasteiger charge is -2.30. The predicted octanol–water partition coefficient (Wildman–Crippen LogP) is 2.70. The van der Waals surface area contributed by atoms with Gasteiger partial charge in [-0.2, -0.15) is 0 Å². The molecule has 1 fully saturated rings. The van der Waals surface area contributed by atoms with Crippen molar-refractivity contribution in [1.29, 1.82) is 0 Å². The standard InChI is InChI=1S/C13H23N3S/c1-2-12(13-15-7-8-17-13)16-9-10-5-3-4-6-11(10)14/h7-8,10-12,16H,2-6,9,14H2,1H3. The summed E-state index contributed by atoms with van der Waals surface area (Å²) in [5, 5.41) is 6.89. The topological polar surface area (TPSA) is 50.9 Å². The summed E-state index contributed by atoms with van der Waals surface area (Å²) in [7, 11) is 0. The minimum Gasteiger partial charge on any atom is -0.327 e. The third kappa shape index (κ3) is 3.50. The van der Waals surface area contributed by atoms with Gasteiger partial charge in [0.05, 0.1) is 6.04 Å². The van der Waals surface area contributed by atoms with Crippen molar-refractivity contribution in [3.05, 3.63) is 16.6 Å². The lowest BCUT2D eigenvalue weighted by Crippen LogP contribution is -2.40. The van der Waals surface area contributed by atoms with Crippen molar-refractivity contribution in [2.24, 2.45) is 11.7 Å². The number of nitrogens with zero attached hydrogens (tertiary/aromatic N) is 1. The van der Waals surface area contributed by atoms with Gasteiger partial charge >= 0.3 is 0 Å². The van der Waals surface area contributed by atoms with Crippen LogP contribution in [0.4, 0.5) is 0 Å². The number of nitrogens with two attached hydrogens (primary N) is 1. The fourth-order valence-corrected chi connectivity index (χ4v) is 3.39. The summed E-state index contributed by atoms with van der Waals surface area (Å²) in [6, 6.07) is 0.800. The van der Waals surface area contributed by atoms with Gasteiger partial charge in [-0.1, -0.05) is 19.8 Å². The van der Waals surface area contributed by atoms with Gasteiger partial charge < -0.3 is 11.1 Å². The van der Waals surface area contributed by atoms with Crippen LogP contribution >= 0.6 is 11.3 Å². The summed E-state index contributed by atoms with van der Waals surface area (Å²) < 4.78 is 0. The Hall–Kier alpha value is -0.450. The van der Waals surface area contributed by atoms with Crippen molar-refractivity contribution in [3.8, 4) is 0 Å². The summed E-state index contributed by atoms with van der Waals surface area (Å²) in [5.41, 5.74) is 6.17. The average Bonchev–Trinajstić information content (AvgIpc) is 2.86. The fraction of sp³-hybridized carbons (Fsp3) is 0.769. The second-order valence-corrected chi connectivity index (χ2v) is 5.87. The predicted molar refractivity (Wildman–Crippen MR) is 73.1 cm³/mol. The van der Waals surface area contributed by atoms with Crippen LogP contribution in [0.5, 0.6) is 0 Å². The molecule has 2 rings (SSSR count). The Balaban J connectivity index is 1.83. The molecule has 96 valence electrons. The minimum atomic E-state index is 0.394. The molecule has 0 saturated heterocycles. The molecular weight excluding hydrogens is 230 g/mol.